The maximum atomic E-state index is 12.7. The third-order valence-corrected chi connectivity index (χ3v) is 4.58. The van der Waals surface area contributed by atoms with Crippen LogP contribution in [0.25, 0.3) is 10.8 Å². The first-order chi connectivity index (χ1) is 10.9. The molecule has 1 aromatic carbocycles. The van der Waals surface area contributed by atoms with Crippen molar-refractivity contribution >= 4 is 16.7 Å². The van der Waals surface area contributed by atoms with E-state index in [9.17, 15) is 9.59 Å². The molecule has 0 saturated carbocycles. The first-order valence-electron chi connectivity index (χ1n) is 7.77. The molecule has 0 radical (unpaired) electrons. The molecule has 1 fully saturated rings. The molecule has 2 heterocycles. The first kappa shape index (κ1) is 15.7. The Morgan fingerprint density at radius 3 is 2.78 bits per heavy atom. The van der Waals surface area contributed by atoms with Gasteiger partial charge in [0.05, 0.1) is 11.5 Å². The fourth-order valence-electron chi connectivity index (χ4n) is 3.34. The fraction of sp³-hybridized carbons (Fsp3) is 0.444. The van der Waals surface area contributed by atoms with Crippen LogP contribution < -0.4 is 5.63 Å². The Hall–Kier alpha value is -2.14. The molecule has 1 aliphatic heterocycles. The summed E-state index contributed by atoms with van der Waals surface area (Å²) < 4.78 is 10.8. The van der Waals surface area contributed by atoms with E-state index in [1.54, 1.807) is 30.2 Å². The van der Waals surface area contributed by atoms with E-state index < -0.39 is 5.63 Å². The van der Waals surface area contributed by atoms with E-state index in [0.29, 0.717) is 18.5 Å². The van der Waals surface area contributed by atoms with Gasteiger partial charge in [0.15, 0.2) is 5.76 Å². The van der Waals surface area contributed by atoms with Crippen molar-refractivity contribution < 1.29 is 13.9 Å². The number of likely N-dealkylation sites (tertiary alicyclic amines) is 1. The second-order valence-corrected chi connectivity index (χ2v) is 6.71. The lowest BCUT2D eigenvalue weighted by atomic mass is 9.81. The third-order valence-electron chi connectivity index (χ3n) is 4.58. The Labute approximate surface area is 134 Å². The van der Waals surface area contributed by atoms with Gasteiger partial charge in [0.1, 0.15) is 0 Å². The smallest absolute Gasteiger partial charge is 0.344 e. The summed E-state index contributed by atoms with van der Waals surface area (Å²) in [6, 6.07) is 8.77. The van der Waals surface area contributed by atoms with Crippen molar-refractivity contribution in [3.8, 4) is 0 Å². The van der Waals surface area contributed by atoms with Crippen LogP contribution in [0.4, 0.5) is 0 Å². The van der Waals surface area contributed by atoms with Crippen molar-refractivity contribution in [2.45, 2.75) is 26.4 Å². The SMILES string of the molecule is COC1CCN(C(=O)c2cc3ccccc3c(=O)o2)CC1(C)C. The molecule has 122 valence electrons. The summed E-state index contributed by atoms with van der Waals surface area (Å²) in [5, 5.41) is 1.21. The molecule has 1 amide bonds. The molecule has 5 nitrogen and oxygen atoms in total. The number of hydrogen-bond donors (Lipinski definition) is 0. The van der Waals surface area contributed by atoms with Gasteiger partial charge < -0.3 is 14.1 Å². The maximum Gasteiger partial charge on any atom is 0.344 e. The largest absolute Gasteiger partial charge is 0.417 e. The third kappa shape index (κ3) is 2.88. The number of carbonyl (C=O) groups is 1. The Morgan fingerprint density at radius 1 is 1.35 bits per heavy atom. The summed E-state index contributed by atoms with van der Waals surface area (Å²) in [6.07, 6.45) is 0.891. The van der Waals surface area contributed by atoms with E-state index >= 15 is 0 Å². The lowest BCUT2D eigenvalue weighted by Gasteiger charge is -2.43. The topological polar surface area (TPSA) is 59.8 Å². The minimum Gasteiger partial charge on any atom is -0.417 e. The number of ether oxygens (including phenoxy) is 1. The average molecular weight is 315 g/mol. The van der Waals surface area contributed by atoms with Crippen LogP contribution in [0, 0.1) is 5.41 Å². The number of fused-ring (bicyclic) bond motifs is 1. The predicted molar refractivity (Wildman–Crippen MR) is 87.6 cm³/mol. The number of rotatable bonds is 2. The van der Waals surface area contributed by atoms with Gasteiger partial charge >= 0.3 is 5.63 Å². The van der Waals surface area contributed by atoms with Gasteiger partial charge in [-0.15, -0.1) is 0 Å². The molecule has 3 rings (SSSR count). The van der Waals surface area contributed by atoms with Crippen LogP contribution in [0.5, 0.6) is 0 Å². The molecule has 5 heteroatoms. The number of benzene rings is 1. The van der Waals surface area contributed by atoms with Gasteiger partial charge in [-0.25, -0.2) is 4.79 Å². The summed E-state index contributed by atoms with van der Waals surface area (Å²) in [5.41, 5.74) is -0.614. The van der Waals surface area contributed by atoms with Gasteiger partial charge in [0.2, 0.25) is 0 Å². The zero-order chi connectivity index (χ0) is 16.6. The Bertz CT molecular complexity index is 793. The van der Waals surface area contributed by atoms with Gasteiger partial charge in [-0.05, 0) is 23.9 Å². The summed E-state index contributed by atoms with van der Waals surface area (Å²) in [7, 11) is 1.70. The lowest BCUT2D eigenvalue weighted by molar-refractivity contribution is -0.0449. The van der Waals surface area contributed by atoms with E-state index in [-0.39, 0.29) is 23.2 Å². The van der Waals surface area contributed by atoms with Crippen molar-refractivity contribution in [3.63, 3.8) is 0 Å². The molecule has 0 aliphatic carbocycles. The molecular weight excluding hydrogens is 294 g/mol. The standard InChI is InChI=1S/C18H21NO4/c1-18(2)11-19(9-8-15(18)22-3)16(20)14-10-12-6-4-5-7-13(12)17(21)23-14/h4-7,10,15H,8-9,11H2,1-3H3. The van der Waals surface area contributed by atoms with Gasteiger partial charge in [-0.2, -0.15) is 0 Å². The van der Waals surface area contributed by atoms with Crippen LogP contribution in [0.1, 0.15) is 30.8 Å². The van der Waals surface area contributed by atoms with Crippen molar-refractivity contribution in [1.29, 1.82) is 0 Å². The minimum absolute atomic E-state index is 0.0976. The molecule has 1 unspecified atom stereocenters. The second kappa shape index (κ2) is 5.81. The Morgan fingerprint density at radius 2 is 2.09 bits per heavy atom. The molecule has 2 aromatic rings. The predicted octanol–water partition coefficient (Wildman–Crippen LogP) is 2.68. The number of hydrogen-bond acceptors (Lipinski definition) is 4. The van der Waals surface area contributed by atoms with E-state index in [0.717, 1.165) is 11.8 Å². The normalized spacial score (nSPS) is 20.7. The lowest BCUT2D eigenvalue weighted by Crippen LogP contribution is -2.51. The zero-order valence-corrected chi connectivity index (χ0v) is 13.7. The number of methoxy groups -OCH3 is 1. The highest BCUT2D eigenvalue weighted by Gasteiger charge is 2.38. The van der Waals surface area contributed by atoms with E-state index in [1.807, 2.05) is 12.1 Å². The summed E-state index contributed by atoms with van der Waals surface area (Å²) in [4.78, 5) is 26.5. The highest BCUT2D eigenvalue weighted by molar-refractivity contribution is 5.95. The Kier molecular flexibility index (Phi) is 3.98. The van der Waals surface area contributed by atoms with Crippen LogP contribution >= 0.6 is 0 Å². The number of nitrogens with zero attached hydrogens (tertiary/aromatic N) is 1. The minimum atomic E-state index is -0.475. The van der Waals surface area contributed by atoms with Gasteiger partial charge in [-0.3, -0.25) is 4.79 Å². The average Bonchev–Trinajstić information content (AvgIpc) is 2.53. The van der Waals surface area contributed by atoms with Crippen molar-refractivity contribution in [3.05, 3.63) is 46.5 Å². The number of piperidine rings is 1. The molecule has 1 aromatic heterocycles. The first-order valence-corrected chi connectivity index (χ1v) is 7.77. The molecule has 1 aliphatic rings. The molecule has 1 atom stereocenters. The maximum absolute atomic E-state index is 12.7. The molecule has 0 spiro atoms. The molecule has 23 heavy (non-hydrogen) atoms. The van der Waals surface area contributed by atoms with Crippen LogP contribution in [0.15, 0.2) is 39.5 Å². The Balaban J connectivity index is 1.91. The van der Waals surface area contributed by atoms with Crippen LogP contribution in [0.2, 0.25) is 0 Å². The van der Waals surface area contributed by atoms with E-state index in [2.05, 4.69) is 13.8 Å². The van der Waals surface area contributed by atoms with Crippen molar-refractivity contribution in [2.75, 3.05) is 20.2 Å². The van der Waals surface area contributed by atoms with Gasteiger partial charge in [0.25, 0.3) is 5.91 Å². The summed E-state index contributed by atoms with van der Waals surface area (Å²) >= 11 is 0. The van der Waals surface area contributed by atoms with Crippen LogP contribution in [0.3, 0.4) is 0 Å². The molecule has 1 saturated heterocycles. The highest BCUT2D eigenvalue weighted by Crippen LogP contribution is 2.32. The van der Waals surface area contributed by atoms with E-state index in [4.69, 9.17) is 9.15 Å². The van der Waals surface area contributed by atoms with Gasteiger partial charge in [0, 0.05) is 25.6 Å². The molecule has 0 N–H and O–H groups in total. The van der Waals surface area contributed by atoms with Crippen LogP contribution in [-0.2, 0) is 4.74 Å². The number of carbonyl (C=O) groups excluding carboxylic acids is 1. The monoisotopic (exact) mass is 315 g/mol. The van der Waals surface area contributed by atoms with Crippen molar-refractivity contribution in [2.24, 2.45) is 5.41 Å². The van der Waals surface area contributed by atoms with Crippen LogP contribution in [-0.4, -0.2) is 37.1 Å². The summed E-state index contributed by atoms with van der Waals surface area (Å²) in [6.45, 7) is 5.33. The quantitative estimate of drug-likeness (QED) is 0.855. The second-order valence-electron chi connectivity index (χ2n) is 6.71. The molecule has 0 bridgehead atoms. The number of amides is 1. The van der Waals surface area contributed by atoms with Gasteiger partial charge in [-0.1, -0.05) is 32.0 Å². The van der Waals surface area contributed by atoms with Crippen molar-refractivity contribution in [1.82, 2.24) is 4.90 Å². The summed E-state index contributed by atoms with van der Waals surface area (Å²) in [5.74, 6) is -0.143. The molecular formula is C18H21NO4. The fourth-order valence-corrected chi connectivity index (χ4v) is 3.34. The zero-order valence-electron chi connectivity index (χ0n) is 13.7. The highest BCUT2D eigenvalue weighted by atomic mass is 16.5. The van der Waals surface area contributed by atoms with E-state index in [1.165, 1.54) is 0 Å².